The molecule has 0 unspecified atom stereocenters. The van der Waals surface area contributed by atoms with Crippen LogP contribution in [0.1, 0.15) is 15.9 Å². The van der Waals surface area contributed by atoms with Crippen molar-refractivity contribution in [1.82, 2.24) is 5.43 Å². The Morgan fingerprint density at radius 2 is 1.83 bits per heavy atom. The van der Waals surface area contributed by atoms with Crippen LogP contribution >= 0.6 is 12.2 Å². The number of hydrogen-bond donors (Lipinski definition) is 2. The molecule has 0 fully saturated rings. The van der Waals surface area contributed by atoms with E-state index in [0.29, 0.717) is 16.4 Å². The maximum atomic E-state index is 11.4. The van der Waals surface area contributed by atoms with Gasteiger partial charge in [-0.2, -0.15) is 5.10 Å². The van der Waals surface area contributed by atoms with Gasteiger partial charge >= 0.3 is 5.97 Å². The Balaban J connectivity index is 1.91. The lowest BCUT2D eigenvalue weighted by atomic mass is 10.1. The van der Waals surface area contributed by atoms with Crippen molar-refractivity contribution in [3.05, 3.63) is 59.7 Å². The minimum absolute atomic E-state index is 0.335. The molecule has 2 aromatic carbocycles. The van der Waals surface area contributed by atoms with E-state index < -0.39 is 0 Å². The maximum absolute atomic E-state index is 11.4. The smallest absolute Gasteiger partial charge is 0.337 e. The van der Waals surface area contributed by atoms with Crippen LogP contribution in [0.25, 0.3) is 0 Å². The van der Waals surface area contributed by atoms with Crippen molar-refractivity contribution in [2.24, 2.45) is 5.10 Å². The number of carbonyl (C=O) groups excluding carboxylic acids is 1. The number of ether oxygens (including phenoxy) is 2. The van der Waals surface area contributed by atoms with Crippen LogP contribution in [0.3, 0.4) is 0 Å². The minimum atomic E-state index is -0.376. The predicted octanol–water partition coefficient (Wildman–Crippen LogP) is 2.80. The quantitative estimate of drug-likeness (QED) is 0.376. The topological polar surface area (TPSA) is 72.0 Å². The molecule has 0 radical (unpaired) electrons. The van der Waals surface area contributed by atoms with Crippen molar-refractivity contribution < 1.29 is 14.3 Å². The number of rotatable bonds is 5. The van der Waals surface area contributed by atoms with Crippen molar-refractivity contribution in [2.45, 2.75) is 0 Å². The van der Waals surface area contributed by atoms with E-state index in [1.165, 1.54) is 7.11 Å². The summed E-state index contributed by atoms with van der Waals surface area (Å²) in [5.74, 6) is 0.308. The van der Waals surface area contributed by atoms with Crippen LogP contribution in [-0.4, -0.2) is 31.5 Å². The van der Waals surface area contributed by atoms with E-state index in [4.69, 9.17) is 17.0 Å². The van der Waals surface area contributed by atoms with Crippen molar-refractivity contribution in [3.63, 3.8) is 0 Å². The van der Waals surface area contributed by atoms with E-state index in [1.807, 2.05) is 24.3 Å². The van der Waals surface area contributed by atoms with Crippen LogP contribution in [0.5, 0.6) is 5.75 Å². The Kier molecular flexibility index (Phi) is 6.27. The zero-order chi connectivity index (χ0) is 17.4. The molecule has 2 aromatic rings. The third kappa shape index (κ3) is 4.79. The van der Waals surface area contributed by atoms with Gasteiger partial charge in [0.1, 0.15) is 5.75 Å². The molecular formula is C17H17N3O3S. The normalized spacial score (nSPS) is 10.2. The molecule has 6 nitrogen and oxygen atoms in total. The van der Waals surface area contributed by atoms with Gasteiger partial charge in [-0.1, -0.05) is 24.3 Å². The molecular weight excluding hydrogens is 326 g/mol. The summed E-state index contributed by atoms with van der Waals surface area (Å²) >= 11 is 5.18. The van der Waals surface area contributed by atoms with Gasteiger partial charge in [-0.15, -0.1) is 0 Å². The molecule has 124 valence electrons. The monoisotopic (exact) mass is 343 g/mol. The highest BCUT2D eigenvalue weighted by Crippen LogP contribution is 2.22. The lowest BCUT2D eigenvalue weighted by Crippen LogP contribution is -2.24. The number of hydrazone groups is 1. The largest absolute Gasteiger partial charge is 0.495 e. The first-order valence-corrected chi connectivity index (χ1v) is 7.46. The molecule has 0 saturated carbocycles. The second-order valence-corrected chi connectivity index (χ2v) is 5.05. The molecule has 2 rings (SSSR count). The highest BCUT2D eigenvalue weighted by Gasteiger charge is 2.04. The summed E-state index contributed by atoms with van der Waals surface area (Å²) in [6, 6.07) is 14.3. The number of hydrogen-bond acceptors (Lipinski definition) is 5. The summed E-state index contributed by atoms with van der Waals surface area (Å²) in [6.45, 7) is 0. The number of nitrogens with one attached hydrogen (secondary N) is 2. The fourth-order valence-electron chi connectivity index (χ4n) is 1.89. The van der Waals surface area contributed by atoms with Gasteiger partial charge in [0.25, 0.3) is 0 Å². The molecule has 0 saturated heterocycles. The summed E-state index contributed by atoms with van der Waals surface area (Å²) in [5, 5.41) is 7.39. The van der Waals surface area contributed by atoms with Crippen LogP contribution in [0, 0.1) is 0 Å². The predicted molar refractivity (Wildman–Crippen MR) is 97.7 cm³/mol. The molecule has 24 heavy (non-hydrogen) atoms. The van der Waals surface area contributed by atoms with Gasteiger partial charge < -0.3 is 14.8 Å². The SMILES string of the molecule is COC(=O)c1ccc(C=NNC(=S)Nc2ccccc2OC)cc1. The van der Waals surface area contributed by atoms with E-state index >= 15 is 0 Å². The standard InChI is InChI=1S/C17H17N3O3S/c1-22-15-6-4-3-5-14(15)19-17(24)20-18-11-12-7-9-13(10-8-12)16(21)23-2/h3-11H,1-2H3,(H2,19,20,24). The van der Waals surface area contributed by atoms with Gasteiger partial charge in [-0.3, -0.25) is 5.43 Å². The molecule has 0 aliphatic rings. The minimum Gasteiger partial charge on any atom is -0.495 e. The third-order valence-corrected chi connectivity index (χ3v) is 3.26. The fraction of sp³-hybridized carbons (Fsp3) is 0.118. The second kappa shape index (κ2) is 8.64. The van der Waals surface area contributed by atoms with Gasteiger partial charge in [0.2, 0.25) is 0 Å². The number of thiocarbonyl (C=S) groups is 1. The Morgan fingerprint density at radius 3 is 2.50 bits per heavy atom. The molecule has 2 N–H and O–H groups in total. The molecule has 0 amide bonds. The lowest BCUT2D eigenvalue weighted by Gasteiger charge is -2.10. The van der Waals surface area contributed by atoms with Crippen LogP contribution in [0.15, 0.2) is 53.6 Å². The Bertz CT molecular complexity index is 745. The van der Waals surface area contributed by atoms with Crippen molar-refractivity contribution in [3.8, 4) is 5.75 Å². The summed E-state index contributed by atoms with van der Waals surface area (Å²) < 4.78 is 9.88. The summed E-state index contributed by atoms with van der Waals surface area (Å²) in [5.41, 5.74) is 4.76. The molecule has 0 spiro atoms. The first-order valence-electron chi connectivity index (χ1n) is 7.05. The van der Waals surface area contributed by atoms with Crippen LogP contribution < -0.4 is 15.5 Å². The molecule has 0 aliphatic carbocycles. The van der Waals surface area contributed by atoms with E-state index in [-0.39, 0.29) is 5.97 Å². The summed E-state index contributed by atoms with van der Waals surface area (Å²) in [7, 11) is 2.93. The Hall–Kier alpha value is -2.93. The molecule has 0 heterocycles. The number of methoxy groups -OCH3 is 2. The van der Waals surface area contributed by atoms with Crippen LogP contribution in [0.4, 0.5) is 5.69 Å². The lowest BCUT2D eigenvalue weighted by molar-refractivity contribution is 0.0600. The van der Waals surface area contributed by atoms with E-state index in [2.05, 4.69) is 20.6 Å². The molecule has 7 heteroatoms. The third-order valence-electron chi connectivity index (χ3n) is 3.07. The molecule has 0 bridgehead atoms. The van der Waals surface area contributed by atoms with Gasteiger partial charge in [0.15, 0.2) is 5.11 Å². The number of anilines is 1. The molecule has 0 aliphatic heterocycles. The first kappa shape index (κ1) is 17.4. The maximum Gasteiger partial charge on any atom is 0.337 e. The van der Waals surface area contributed by atoms with Crippen molar-refractivity contribution >= 4 is 35.2 Å². The van der Waals surface area contributed by atoms with Gasteiger partial charge in [0.05, 0.1) is 31.7 Å². The fourth-order valence-corrected chi connectivity index (χ4v) is 2.05. The average Bonchev–Trinajstić information content (AvgIpc) is 2.62. The van der Waals surface area contributed by atoms with Crippen molar-refractivity contribution in [1.29, 1.82) is 0 Å². The average molecular weight is 343 g/mol. The Labute approximate surface area is 145 Å². The molecule has 0 atom stereocenters. The summed E-state index contributed by atoms with van der Waals surface area (Å²) in [4.78, 5) is 11.4. The molecule has 0 aromatic heterocycles. The zero-order valence-corrected chi connectivity index (χ0v) is 14.1. The van der Waals surface area contributed by atoms with E-state index in [1.54, 1.807) is 37.6 Å². The number of carbonyl (C=O) groups is 1. The zero-order valence-electron chi connectivity index (χ0n) is 13.3. The highest BCUT2D eigenvalue weighted by atomic mass is 32.1. The number of benzene rings is 2. The van der Waals surface area contributed by atoms with E-state index in [9.17, 15) is 4.79 Å². The van der Waals surface area contributed by atoms with E-state index in [0.717, 1.165) is 11.3 Å². The first-order chi connectivity index (χ1) is 11.6. The van der Waals surface area contributed by atoms with Gasteiger partial charge in [0, 0.05) is 0 Å². The number of nitrogens with zero attached hydrogens (tertiary/aromatic N) is 1. The Morgan fingerprint density at radius 1 is 1.12 bits per heavy atom. The summed E-state index contributed by atoms with van der Waals surface area (Å²) in [6.07, 6.45) is 1.59. The van der Waals surface area contributed by atoms with Gasteiger partial charge in [-0.05, 0) is 42.0 Å². The van der Waals surface area contributed by atoms with Crippen LogP contribution in [-0.2, 0) is 4.74 Å². The highest BCUT2D eigenvalue weighted by molar-refractivity contribution is 7.80. The van der Waals surface area contributed by atoms with Crippen LogP contribution in [0.2, 0.25) is 0 Å². The number of para-hydroxylation sites is 2. The second-order valence-electron chi connectivity index (χ2n) is 4.64. The van der Waals surface area contributed by atoms with Crippen molar-refractivity contribution in [2.75, 3.05) is 19.5 Å². The van der Waals surface area contributed by atoms with Gasteiger partial charge in [-0.25, -0.2) is 4.79 Å². The number of esters is 1.